The molecule has 4 nitrogen and oxygen atoms in total. The van der Waals surface area contributed by atoms with Crippen LogP contribution in [0.25, 0.3) is 0 Å². The highest BCUT2D eigenvalue weighted by molar-refractivity contribution is 9.10. The molecule has 0 saturated heterocycles. The van der Waals surface area contributed by atoms with Crippen LogP contribution in [-0.2, 0) is 5.60 Å². The Kier molecular flexibility index (Phi) is 6.75. The van der Waals surface area contributed by atoms with Crippen LogP contribution in [0.15, 0.2) is 82.7 Å². The third-order valence-electron chi connectivity index (χ3n) is 4.76. The van der Waals surface area contributed by atoms with E-state index in [0.29, 0.717) is 17.1 Å². The molecule has 0 radical (unpaired) electrons. The van der Waals surface area contributed by atoms with E-state index >= 15 is 0 Å². The summed E-state index contributed by atoms with van der Waals surface area (Å²) >= 11 is 5.16. The van der Waals surface area contributed by atoms with Crippen molar-refractivity contribution < 1.29 is 9.84 Å². The molecule has 3 rings (SSSR count). The van der Waals surface area contributed by atoms with Gasteiger partial charge in [-0.1, -0.05) is 48.0 Å². The molecule has 28 heavy (non-hydrogen) atoms. The van der Waals surface area contributed by atoms with Crippen molar-refractivity contribution >= 4 is 27.7 Å². The first-order valence-corrected chi connectivity index (χ1v) is 10.7. The molecule has 0 aliphatic rings. The van der Waals surface area contributed by atoms with Gasteiger partial charge in [-0.05, 0) is 36.4 Å². The molecule has 1 atom stereocenters. The molecule has 0 spiro atoms. The highest BCUT2D eigenvalue weighted by atomic mass is 79.9. The largest absolute Gasteiger partial charge is 0.490 e. The van der Waals surface area contributed by atoms with Crippen molar-refractivity contribution in [1.29, 1.82) is 0 Å². The Labute approximate surface area is 178 Å². The lowest BCUT2D eigenvalue weighted by Crippen LogP contribution is -2.48. The van der Waals surface area contributed by atoms with Crippen molar-refractivity contribution in [2.24, 2.45) is 5.41 Å². The summed E-state index contributed by atoms with van der Waals surface area (Å²) < 4.78 is 7.01. The summed E-state index contributed by atoms with van der Waals surface area (Å²) in [5.74, 6) is 1.41. The van der Waals surface area contributed by atoms with Crippen molar-refractivity contribution in [2.75, 3.05) is 12.4 Å². The number of benzene rings is 2. The molecule has 1 N–H and O–H groups in total. The Hall–Kier alpha value is -1.89. The number of nitrogens with zero attached hydrogens (tertiary/aromatic N) is 2. The van der Waals surface area contributed by atoms with Crippen LogP contribution in [0.1, 0.15) is 19.4 Å². The van der Waals surface area contributed by atoms with E-state index in [9.17, 15) is 5.11 Å². The predicted octanol–water partition coefficient (Wildman–Crippen LogP) is 5.32. The van der Waals surface area contributed by atoms with E-state index in [1.807, 2.05) is 56.3 Å². The van der Waals surface area contributed by atoms with Crippen molar-refractivity contribution in [3.05, 3.63) is 83.4 Å². The molecule has 0 aliphatic heterocycles. The van der Waals surface area contributed by atoms with Crippen molar-refractivity contribution in [1.82, 2.24) is 9.97 Å². The summed E-state index contributed by atoms with van der Waals surface area (Å²) in [4.78, 5) is 9.36. The van der Waals surface area contributed by atoms with Gasteiger partial charge in [-0.25, -0.2) is 9.97 Å². The smallest absolute Gasteiger partial charge is 0.132 e. The molecular formula is C22H23BrN2O2S. The molecule has 6 heteroatoms. The molecule has 1 unspecified atom stereocenters. The molecule has 1 heterocycles. The van der Waals surface area contributed by atoms with E-state index in [4.69, 9.17) is 4.74 Å². The third-order valence-corrected chi connectivity index (χ3v) is 6.76. The molecule has 0 bridgehead atoms. The van der Waals surface area contributed by atoms with Crippen LogP contribution in [0.5, 0.6) is 5.75 Å². The molecular weight excluding hydrogens is 436 g/mol. The quantitative estimate of drug-likeness (QED) is 0.462. The maximum Gasteiger partial charge on any atom is 0.132 e. The van der Waals surface area contributed by atoms with E-state index in [-0.39, 0.29) is 6.61 Å². The molecule has 0 aliphatic carbocycles. The second-order valence-electron chi connectivity index (χ2n) is 7.22. The molecule has 1 aromatic heterocycles. The first-order valence-electron chi connectivity index (χ1n) is 8.95. The van der Waals surface area contributed by atoms with Gasteiger partial charge < -0.3 is 9.84 Å². The SMILES string of the molecule is CC(C)(CSc1ccc(Br)cc1)C(O)(COc1ccccc1)c1cncnc1. The van der Waals surface area contributed by atoms with E-state index in [0.717, 1.165) is 9.37 Å². The number of hydrogen-bond acceptors (Lipinski definition) is 5. The average Bonchev–Trinajstić information content (AvgIpc) is 2.73. The first kappa shape index (κ1) is 20.8. The fraction of sp³-hybridized carbons (Fsp3) is 0.273. The summed E-state index contributed by atoms with van der Waals surface area (Å²) in [6.07, 6.45) is 4.78. The first-order chi connectivity index (χ1) is 13.4. The average molecular weight is 459 g/mol. The number of thioether (sulfide) groups is 1. The summed E-state index contributed by atoms with van der Waals surface area (Å²) in [5, 5.41) is 11.8. The molecule has 0 fully saturated rings. The van der Waals surface area contributed by atoms with Gasteiger partial charge in [-0.15, -0.1) is 11.8 Å². The lowest BCUT2D eigenvalue weighted by atomic mass is 9.73. The van der Waals surface area contributed by atoms with Gasteiger partial charge in [0.15, 0.2) is 0 Å². The van der Waals surface area contributed by atoms with Gasteiger partial charge in [0, 0.05) is 38.5 Å². The minimum absolute atomic E-state index is 0.109. The molecule has 0 saturated carbocycles. The lowest BCUT2D eigenvalue weighted by Gasteiger charge is -2.42. The Morgan fingerprint density at radius 3 is 2.29 bits per heavy atom. The van der Waals surface area contributed by atoms with Crippen molar-refractivity contribution in [2.45, 2.75) is 24.3 Å². The van der Waals surface area contributed by atoms with Gasteiger partial charge in [0.2, 0.25) is 0 Å². The maximum atomic E-state index is 11.8. The van der Waals surface area contributed by atoms with Gasteiger partial charge in [0.25, 0.3) is 0 Å². The zero-order valence-electron chi connectivity index (χ0n) is 15.9. The number of hydrogen-bond donors (Lipinski definition) is 1. The summed E-state index contributed by atoms with van der Waals surface area (Å²) in [5.41, 5.74) is -1.12. The van der Waals surface area contributed by atoms with Crippen LogP contribution in [0.3, 0.4) is 0 Å². The van der Waals surface area contributed by atoms with E-state index in [2.05, 4.69) is 38.0 Å². The van der Waals surface area contributed by atoms with Gasteiger partial charge in [0.05, 0.1) is 0 Å². The molecule has 2 aromatic carbocycles. The van der Waals surface area contributed by atoms with Gasteiger partial charge in [-0.2, -0.15) is 0 Å². The number of rotatable bonds is 8. The van der Waals surface area contributed by atoms with E-state index in [1.165, 1.54) is 6.33 Å². The monoisotopic (exact) mass is 458 g/mol. The fourth-order valence-corrected chi connectivity index (χ4v) is 4.16. The van der Waals surface area contributed by atoms with Crippen LogP contribution >= 0.6 is 27.7 Å². The predicted molar refractivity (Wildman–Crippen MR) is 117 cm³/mol. The number of aromatic nitrogens is 2. The second kappa shape index (κ2) is 9.07. The highest BCUT2D eigenvalue weighted by Crippen LogP contribution is 2.43. The van der Waals surface area contributed by atoms with Crippen LogP contribution < -0.4 is 4.74 Å². The normalized spacial score (nSPS) is 13.7. The zero-order chi connectivity index (χ0) is 20.0. The second-order valence-corrected chi connectivity index (χ2v) is 9.18. The topological polar surface area (TPSA) is 55.2 Å². The Balaban J connectivity index is 1.82. The minimum atomic E-state index is -1.26. The number of aliphatic hydroxyl groups is 1. The van der Waals surface area contributed by atoms with E-state index in [1.54, 1.807) is 24.2 Å². The van der Waals surface area contributed by atoms with Crippen molar-refractivity contribution in [3.8, 4) is 5.75 Å². The summed E-state index contributed by atoms with van der Waals surface area (Å²) in [6.45, 7) is 4.19. The molecule has 3 aromatic rings. The number of halogens is 1. The van der Waals surface area contributed by atoms with E-state index < -0.39 is 11.0 Å². The fourth-order valence-electron chi connectivity index (χ4n) is 2.80. The lowest BCUT2D eigenvalue weighted by molar-refractivity contribution is -0.0926. The maximum absolute atomic E-state index is 11.8. The molecule has 146 valence electrons. The Morgan fingerprint density at radius 2 is 1.64 bits per heavy atom. The van der Waals surface area contributed by atoms with Crippen molar-refractivity contribution in [3.63, 3.8) is 0 Å². The highest BCUT2D eigenvalue weighted by Gasteiger charge is 2.46. The standard InChI is InChI=1S/C22H23BrN2O2S/c1-21(2,15-28-20-10-8-18(23)9-11-20)22(26,17-12-24-16-25-13-17)14-27-19-6-4-3-5-7-19/h3-13,16,26H,14-15H2,1-2H3. The Bertz CT molecular complexity index is 876. The molecule has 0 amide bonds. The summed E-state index contributed by atoms with van der Waals surface area (Å²) in [7, 11) is 0. The van der Waals surface area contributed by atoms with Crippen LogP contribution in [0.2, 0.25) is 0 Å². The van der Waals surface area contributed by atoms with Gasteiger partial charge in [0.1, 0.15) is 24.3 Å². The third kappa shape index (κ3) is 4.93. The number of ether oxygens (including phenoxy) is 1. The van der Waals surface area contributed by atoms with Crippen LogP contribution in [0, 0.1) is 5.41 Å². The van der Waals surface area contributed by atoms with Gasteiger partial charge >= 0.3 is 0 Å². The number of para-hydroxylation sites is 1. The minimum Gasteiger partial charge on any atom is -0.490 e. The van der Waals surface area contributed by atoms with Crippen LogP contribution in [0.4, 0.5) is 0 Å². The zero-order valence-corrected chi connectivity index (χ0v) is 18.3. The van der Waals surface area contributed by atoms with Gasteiger partial charge in [-0.3, -0.25) is 0 Å². The summed E-state index contributed by atoms with van der Waals surface area (Å²) in [6, 6.07) is 17.7. The van der Waals surface area contributed by atoms with Crippen LogP contribution in [-0.4, -0.2) is 27.4 Å². The Morgan fingerprint density at radius 1 is 1.00 bits per heavy atom.